The zero-order chi connectivity index (χ0) is 17.9. The monoisotopic (exact) mass is 343 g/mol. The summed E-state index contributed by atoms with van der Waals surface area (Å²) in [4.78, 5) is 17.6. The van der Waals surface area contributed by atoms with Gasteiger partial charge in [0.15, 0.2) is 0 Å². The van der Waals surface area contributed by atoms with E-state index in [0.717, 1.165) is 36.1 Å². The van der Waals surface area contributed by atoms with Gasteiger partial charge in [0.1, 0.15) is 0 Å². The number of rotatable bonds is 3. The molecule has 3 aromatic rings. The predicted octanol–water partition coefficient (Wildman–Crippen LogP) is 5.08. The average molecular weight is 343 g/mol. The lowest BCUT2D eigenvalue weighted by Gasteiger charge is -2.15. The quantitative estimate of drug-likeness (QED) is 0.623. The topological polar surface area (TPSA) is 39.2 Å². The molecule has 3 nitrogen and oxygen atoms in total. The smallest absolute Gasteiger partial charge is 0.340 e. The van der Waals surface area contributed by atoms with Gasteiger partial charge in [0, 0.05) is 11.1 Å². The van der Waals surface area contributed by atoms with E-state index in [0.29, 0.717) is 17.9 Å². The van der Waals surface area contributed by atoms with Crippen molar-refractivity contribution >= 4 is 5.97 Å². The lowest BCUT2D eigenvalue weighted by atomic mass is 9.97. The van der Waals surface area contributed by atoms with E-state index >= 15 is 0 Å². The largest absolute Gasteiger partial charge is 0.462 e. The molecule has 2 aromatic carbocycles. The maximum absolute atomic E-state index is 12.6. The second kappa shape index (κ2) is 7.12. The Labute approximate surface area is 153 Å². The summed E-state index contributed by atoms with van der Waals surface area (Å²) < 4.78 is 5.30. The van der Waals surface area contributed by atoms with E-state index in [1.54, 1.807) is 0 Å². The first-order valence-electron chi connectivity index (χ1n) is 9.12. The van der Waals surface area contributed by atoms with Crippen molar-refractivity contribution in [3.63, 3.8) is 0 Å². The summed E-state index contributed by atoms with van der Waals surface area (Å²) in [7, 11) is 0. The van der Waals surface area contributed by atoms with Crippen LogP contribution in [0.5, 0.6) is 0 Å². The Morgan fingerprint density at radius 3 is 2.50 bits per heavy atom. The van der Waals surface area contributed by atoms with E-state index in [2.05, 4.69) is 24.3 Å². The highest BCUT2D eigenvalue weighted by Crippen LogP contribution is 2.35. The normalized spacial score (nSPS) is 12.7. The number of hydrogen-bond donors (Lipinski definition) is 0. The van der Waals surface area contributed by atoms with Crippen LogP contribution in [0.3, 0.4) is 0 Å². The number of fused-ring (bicyclic) bond motifs is 3. The number of carbonyl (C=O) groups is 1. The molecule has 0 radical (unpaired) electrons. The first-order chi connectivity index (χ1) is 12.8. The molecule has 0 saturated carbocycles. The van der Waals surface area contributed by atoms with Gasteiger partial charge in [-0.2, -0.15) is 0 Å². The minimum atomic E-state index is -0.306. The number of benzene rings is 2. The Morgan fingerprint density at radius 2 is 1.69 bits per heavy atom. The average Bonchev–Trinajstić information content (AvgIpc) is 2.87. The summed E-state index contributed by atoms with van der Waals surface area (Å²) >= 11 is 0. The number of nitrogens with zero attached hydrogens (tertiary/aromatic N) is 1. The highest BCUT2D eigenvalue weighted by molar-refractivity contribution is 5.97. The zero-order valence-corrected chi connectivity index (χ0v) is 14.9. The Morgan fingerprint density at radius 1 is 0.962 bits per heavy atom. The molecule has 1 aliphatic rings. The van der Waals surface area contributed by atoms with Gasteiger partial charge < -0.3 is 4.74 Å². The van der Waals surface area contributed by atoms with Crippen LogP contribution in [0.4, 0.5) is 0 Å². The molecule has 0 unspecified atom stereocenters. The van der Waals surface area contributed by atoms with Crippen LogP contribution in [0.25, 0.3) is 22.5 Å². The third-order valence-corrected chi connectivity index (χ3v) is 4.81. The molecule has 0 N–H and O–H groups in total. The Balaban J connectivity index is 1.96. The van der Waals surface area contributed by atoms with Crippen LogP contribution in [0, 0.1) is 0 Å². The Kier molecular flexibility index (Phi) is 4.53. The second-order valence-corrected chi connectivity index (χ2v) is 6.49. The molecule has 0 atom stereocenters. The number of pyridine rings is 1. The van der Waals surface area contributed by atoms with Crippen LogP contribution in [0.15, 0.2) is 60.7 Å². The maximum Gasteiger partial charge on any atom is 0.340 e. The summed E-state index contributed by atoms with van der Waals surface area (Å²) in [6.45, 7) is 2.18. The highest BCUT2D eigenvalue weighted by atomic mass is 16.5. The lowest BCUT2D eigenvalue weighted by Crippen LogP contribution is -2.10. The standard InChI is InChI=1S/C23H21NO2/c1-2-26-23(25)20-15-18-13-8-12-16-9-6-7-14-19(16)22(18)24-21(20)17-10-4-3-5-11-17/h3-7,9-11,14-15H,2,8,12-13H2,1H3. The molecule has 0 saturated heterocycles. The van der Waals surface area contributed by atoms with Gasteiger partial charge in [-0.25, -0.2) is 9.78 Å². The number of ether oxygens (including phenoxy) is 1. The van der Waals surface area contributed by atoms with Crippen LogP contribution < -0.4 is 0 Å². The molecule has 1 aromatic heterocycles. The zero-order valence-electron chi connectivity index (χ0n) is 14.9. The predicted molar refractivity (Wildman–Crippen MR) is 103 cm³/mol. The number of aromatic nitrogens is 1. The highest BCUT2D eigenvalue weighted by Gasteiger charge is 2.22. The van der Waals surface area contributed by atoms with E-state index < -0.39 is 0 Å². The van der Waals surface area contributed by atoms with Gasteiger partial charge in [0.2, 0.25) is 0 Å². The Hall–Kier alpha value is -2.94. The van der Waals surface area contributed by atoms with Crippen molar-refractivity contribution < 1.29 is 9.53 Å². The van der Waals surface area contributed by atoms with E-state index in [4.69, 9.17) is 9.72 Å². The summed E-state index contributed by atoms with van der Waals surface area (Å²) in [6, 6.07) is 20.3. The van der Waals surface area contributed by atoms with E-state index in [9.17, 15) is 4.79 Å². The molecule has 0 amide bonds. The summed E-state index contributed by atoms with van der Waals surface area (Å²) in [5.41, 5.74) is 6.78. The van der Waals surface area contributed by atoms with Gasteiger partial charge in [-0.1, -0.05) is 54.6 Å². The number of carbonyl (C=O) groups excluding carboxylic acids is 1. The van der Waals surface area contributed by atoms with Crippen molar-refractivity contribution in [2.45, 2.75) is 26.2 Å². The van der Waals surface area contributed by atoms with Crippen molar-refractivity contribution in [2.75, 3.05) is 6.61 Å². The Bertz CT molecular complexity index is 948. The van der Waals surface area contributed by atoms with E-state index in [1.807, 2.05) is 43.3 Å². The van der Waals surface area contributed by atoms with Gasteiger partial charge in [0.25, 0.3) is 0 Å². The van der Waals surface area contributed by atoms with Gasteiger partial charge in [-0.3, -0.25) is 0 Å². The maximum atomic E-state index is 12.6. The molecule has 0 bridgehead atoms. The van der Waals surface area contributed by atoms with E-state index in [-0.39, 0.29) is 5.97 Å². The minimum absolute atomic E-state index is 0.306. The molecule has 26 heavy (non-hydrogen) atoms. The fourth-order valence-corrected chi connectivity index (χ4v) is 3.60. The molecule has 1 aliphatic carbocycles. The van der Waals surface area contributed by atoms with Crippen LogP contribution in [-0.4, -0.2) is 17.6 Å². The fourth-order valence-electron chi connectivity index (χ4n) is 3.60. The molecule has 1 heterocycles. The van der Waals surface area contributed by atoms with Crippen LogP contribution >= 0.6 is 0 Å². The van der Waals surface area contributed by atoms with Gasteiger partial charge in [-0.05, 0) is 43.4 Å². The molecular weight excluding hydrogens is 322 g/mol. The minimum Gasteiger partial charge on any atom is -0.462 e. The SMILES string of the molecule is CCOC(=O)c1cc2c(nc1-c1ccccc1)-c1ccccc1CCC2. The van der Waals surface area contributed by atoms with Crippen molar-refractivity contribution in [3.8, 4) is 22.5 Å². The fraction of sp³-hybridized carbons (Fsp3) is 0.217. The molecule has 3 heteroatoms. The summed E-state index contributed by atoms with van der Waals surface area (Å²) in [6.07, 6.45) is 3.00. The van der Waals surface area contributed by atoms with E-state index in [1.165, 1.54) is 11.1 Å². The number of aryl methyl sites for hydroxylation is 2. The number of hydrogen-bond acceptors (Lipinski definition) is 3. The van der Waals surface area contributed by atoms with Crippen molar-refractivity contribution in [2.24, 2.45) is 0 Å². The molecule has 130 valence electrons. The summed E-state index contributed by atoms with van der Waals surface area (Å²) in [5, 5.41) is 0. The van der Waals surface area contributed by atoms with Crippen LogP contribution in [-0.2, 0) is 17.6 Å². The van der Waals surface area contributed by atoms with Gasteiger partial charge in [-0.15, -0.1) is 0 Å². The molecule has 0 aliphatic heterocycles. The third-order valence-electron chi connectivity index (χ3n) is 4.81. The van der Waals surface area contributed by atoms with Crippen LogP contribution in [0.1, 0.15) is 34.8 Å². The van der Waals surface area contributed by atoms with Gasteiger partial charge in [0.05, 0.1) is 23.6 Å². The third kappa shape index (κ3) is 3.01. The van der Waals surface area contributed by atoms with Crippen molar-refractivity contribution in [1.82, 2.24) is 4.98 Å². The first-order valence-corrected chi connectivity index (χ1v) is 9.12. The van der Waals surface area contributed by atoms with Crippen LogP contribution in [0.2, 0.25) is 0 Å². The molecular formula is C23H21NO2. The van der Waals surface area contributed by atoms with Gasteiger partial charge >= 0.3 is 5.97 Å². The lowest BCUT2D eigenvalue weighted by molar-refractivity contribution is 0.0527. The molecule has 4 rings (SSSR count). The summed E-state index contributed by atoms with van der Waals surface area (Å²) in [5.74, 6) is -0.306. The molecule has 0 spiro atoms. The second-order valence-electron chi connectivity index (χ2n) is 6.49. The number of esters is 1. The van der Waals surface area contributed by atoms with Crippen molar-refractivity contribution in [1.29, 1.82) is 0 Å². The van der Waals surface area contributed by atoms with Crippen molar-refractivity contribution in [3.05, 3.63) is 77.4 Å². The molecule has 0 fully saturated rings. The first kappa shape index (κ1) is 16.5.